The lowest BCUT2D eigenvalue weighted by Gasteiger charge is -2.39. The van der Waals surface area contributed by atoms with Gasteiger partial charge in [-0.3, -0.25) is 9.59 Å². The molecule has 0 unspecified atom stereocenters. The largest absolute Gasteiger partial charge is 0.342 e. The van der Waals surface area contributed by atoms with Crippen molar-refractivity contribution in [2.75, 3.05) is 18.4 Å². The van der Waals surface area contributed by atoms with Gasteiger partial charge in [0.25, 0.3) is 0 Å². The predicted octanol–water partition coefficient (Wildman–Crippen LogP) is 3.20. The summed E-state index contributed by atoms with van der Waals surface area (Å²) >= 11 is 0. The molecule has 1 aliphatic heterocycles. The van der Waals surface area contributed by atoms with Crippen molar-refractivity contribution in [2.45, 2.75) is 59.4 Å². The Balaban J connectivity index is 1.38. The molecule has 0 radical (unpaired) electrons. The lowest BCUT2D eigenvalue weighted by molar-refractivity contribution is -0.138. The number of benzene rings is 1. The van der Waals surface area contributed by atoms with Gasteiger partial charge in [-0.2, -0.15) is 4.98 Å². The van der Waals surface area contributed by atoms with Crippen molar-refractivity contribution in [1.29, 1.82) is 0 Å². The number of nitrogens with zero attached hydrogens (tertiary/aromatic N) is 5. The highest BCUT2D eigenvalue weighted by Gasteiger charge is 2.39. The van der Waals surface area contributed by atoms with E-state index in [0.29, 0.717) is 44.1 Å². The topological polar surface area (TPSA) is 106 Å². The van der Waals surface area contributed by atoms with E-state index in [9.17, 15) is 9.59 Å². The third kappa shape index (κ3) is 4.51. The molecule has 9 heteroatoms. The quantitative estimate of drug-likeness (QED) is 0.607. The van der Waals surface area contributed by atoms with E-state index in [0.717, 1.165) is 36.1 Å². The summed E-state index contributed by atoms with van der Waals surface area (Å²) in [5, 5.41) is 6.91. The summed E-state index contributed by atoms with van der Waals surface area (Å²) in [6.45, 7) is 7.85. The summed E-state index contributed by atoms with van der Waals surface area (Å²) in [5.74, 6) is 1.06. The molecule has 0 spiro atoms. The van der Waals surface area contributed by atoms with Crippen LogP contribution >= 0.6 is 0 Å². The van der Waals surface area contributed by atoms with Gasteiger partial charge in [-0.1, -0.05) is 12.1 Å². The summed E-state index contributed by atoms with van der Waals surface area (Å²) < 4.78 is 7.24. The lowest BCUT2D eigenvalue weighted by atomic mass is 9.80. The number of carbonyl (C=O) groups excluding carboxylic acids is 2. The van der Waals surface area contributed by atoms with Gasteiger partial charge in [-0.15, -0.1) is 0 Å². The molecule has 2 amide bonds. The monoisotopic (exact) mass is 438 g/mol. The fourth-order valence-electron chi connectivity index (χ4n) is 4.22. The molecule has 4 rings (SSSR count). The first-order chi connectivity index (χ1) is 15.4. The minimum absolute atomic E-state index is 0.00602. The van der Waals surface area contributed by atoms with E-state index in [1.807, 2.05) is 32.0 Å². The van der Waals surface area contributed by atoms with Gasteiger partial charge in [-0.05, 0) is 44.9 Å². The number of aryl methyl sites for hydroxylation is 3. The van der Waals surface area contributed by atoms with E-state index in [1.54, 1.807) is 11.2 Å². The molecule has 1 atom stereocenters. The molecular weight excluding hydrogens is 408 g/mol. The Kier molecular flexibility index (Phi) is 6.25. The normalized spacial score (nSPS) is 18.8. The van der Waals surface area contributed by atoms with Crippen LogP contribution in [-0.4, -0.2) is 49.5 Å². The van der Waals surface area contributed by atoms with Crippen molar-refractivity contribution in [2.24, 2.45) is 5.41 Å². The molecule has 3 heterocycles. The number of anilines is 1. The fraction of sp³-hybridized carbons (Fsp3) is 0.522. The van der Waals surface area contributed by atoms with E-state index in [4.69, 9.17) is 4.52 Å². The molecule has 1 saturated heterocycles. The van der Waals surface area contributed by atoms with Gasteiger partial charge in [0.05, 0.1) is 22.8 Å². The van der Waals surface area contributed by atoms with Crippen LogP contribution in [0.1, 0.15) is 51.7 Å². The Morgan fingerprint density at radius 1 is 1.28 bits per heavy atom. The lowest BCUT2D eigenvalue weighted by Crippen LogP contribution is -2.50. The highest BCUT2D eigenvalue weighted by atomic mass is 16.5. The second-order valence-corrected chi connectivity index (χ2v) is 8.63. The molecule has 1 aromatic carbocycles. The van der Waals surface area contributed by atoms with E-state index in [2.05, 4.69) is 31.9 Å². The molecule has 2 aromatic heterocycles. The van der Waals surface area contributed by atoms with Crippen molar-refractivity contribution in [3.8, 4) is 0 Å². The van der Waals surface area contributed by atoms with Crippen LogP contribution in [0.2, 0.25) is 0 Å². The molecule has 0 aliphatic carbocycles. The number of amides is 2. The van der Waals surface area contributed by atoms with Crippen LogP contribution < -0.4 is 5.32 Å². The Hall–Kier alpha value is -3.23. The van der Waals surface area contributed by atoms with Crippen molar-refractivity contribution in [3.05, 3.63) is 36.2 Å². The number of fused-ring (bicyclic) bond motifs is 1. The van der Waals surface area contributed by atoms with Crippen molar-refractivity contribution in [3.63, 3.8) is 0 Å². The molecule has 1 fully saturated rings. The number of likely N-dealkylation sites (tertiary alicyclic amines) is 1. The van der Waals surface area contributed by atoms with Crippen LogP contribution in [0.15, 0.2) is 29.0 Å². The highest BCUT2D eigenvalue weighted by molar-refractivity contribution is 5.97. The van der Waals surface area contributed by atoms with Gasteiger partial charge >= 0.3 is 0 Å². The predicted molar refractivity (Wildman–Crippen MR) is 120 cm³/mol. The third-order valence-electron chi connectivity index (χ3n) is 6.20. The first-order valence-corrected chi connectivity index (χ1v) is 11.3. The average Bonchev–Trinajstić information content (AvgIpc) is 3.43. The molecule has 0 saturated carbocycles. The van der Waals surface area contributed by atoms with Crippen molar-refractivity contribution in [1.82, 2.24) is 24.6 Å². The third-order valence-corrected chi connectivity index (χ3v) is 6.20. The smallest absolute Gasteiger partial charge is 0.232 e. The first kappa shape index (κ1) is 22.0. The molecule has 0 bridgehead atoms. The molecular formula is C23H30N6O3. The number of imidazole rings is 1. The van der Waals surface area contributed by atoms with E-state index < -0.39 is 5.41 Å². The van der Waals surface area contributed by atoms with Crippen LogP contribution in [0.25, 0.3) is 11.0 Å². The summed E-state index contributed by atoms with van der Waals surface area (Å²) in [6, 6.07) is 5.77. The zero-order valence-corrected chi connectivity index (χ0v) is 18.9. The van der Waals surface area contributed by atoms with Gasteiger partial charge in [-0.25, -0.2) is 4.98 Å². The van der Waals surface area contributed by atoms with Crippen LogP contribution in [-0.2, 0) is 29.0 Å². The summed E-state index contributed by atoms with van der Waals surface area (Å²) in [4.78, 5) is 36.4. The molecule has 170 valence electrons. The maximum absolute atomic E-state index is 13.2. The Morgan fingerprint density at radius 3 is 2.88 bits per heavy atom. The number of piperidine rings is 1. The molecule has 9 nitrogen and oxygen atoms in total. The van der Waals surface area contributed by atoms with Crippen LogP contribution in [0.3, 0.4) is 0 Å². The van der Waals surface area contributed by atoms with Crippen LogP contribution in [0.5, 0.6) is 0 Å². The number of nitrogens with one attached hydrogen (secondary N) is 1. The zero-order valence-electron chi connectivity index (χ0n) is 18.9. The Morgan fingerprint density at radius 2 is 2.12 bits per heavy atom. The number of hydrogen-bond donors (Lipinski definition) is 1. The number of rotatable bonds is 7. The van der Waals surface area contributed by atoms with E-state index in [-0.39, 0.29) is 11.8 Å². The minimum atomic E-state index is -0.647. The molecule has 32 heavy (non-hydrogen) atoms. The zero-order chi connectivity index (χ0) is 22.7. The second kappa shape index (κ2) is 9.10. The summed E-state index contributed by atoms with van der Waals surface area (Å²) in [7, 11) is 0. The first-order valence-electron chi connectivity index (χ1n) is 11.3. The Bertz CT molecular complexity index is 1120. The van der Waals surface area contributed by atoms with E-state index in [1.165, 1.54) is 0 Å². The Labute approximate surface area is 187 Å². The van der Waals surface area contributed by atoms with Gasteiger partial charge in [0.1, 0.15) is 0 Å². The van der Waals surface area contributed by atoms with Crippen molar-refractivity contribution >= 4 is 28.5 Å². The van der Waals surface area contributed by atoms with Gasteiger partial charge in [0.2, 0.25) is 17.7 Å². The number of aromatic nitrogens is 4. The van der Waals surface area contributed by atoms with Gasteiger partial charge < -0.3 is 19.3 Å². The van der Waals surface area contributed by atoms with Crippen LogP contribution in [0.4, 0.5) is 5.69 Å². The highest BCUT2D eigenvalue weighted by Crippen LogP contribution is 2.32. The van der Waals surface area contributed by atoms with Crippen LogP contribution in [0, 0.1) is 5.41 Å². The minimum Gasteiger partial charge on any atom is -0.342 e. The second-order valence-electron chi connectivity index (χ2n) is 8.63. The number of carbonyl (C=O) groups is 2. The summed E-state index contributed by atoms with van der Waals surface area (Å²) in [5.41, 5.74) is 1.96. The molecule has 1 N–H and O–H groups in total. The number of hydrogen-bond acceptors (Lipinski definition) is 6. The maximum Gasteiger partial charge on any atom is 0.232 e. The van der Waals surface area contributed by atoms with E-state index >= 15 is 0 Å². The SMILES string of the molecule is CCc1noc(CCC(=O)N2CCC[C@@](C)(C(=O)Nc3ccc4c(c3)ncn4CC)C2)n1. The molecule has 3 aromatic rings. The average molecular weight is 439 g/mol. The van der Waals surface area contributed by atoms with Crippen molar-refractivity contribution < 1.29 is 14.1 Å². The summed E-state index contributed by atoms with van der Waals surface area (Å²) in [6.07, 6.45) is 4.73. The van der Waals surface area contributed by atoms with Gasteiger partial charge in [0, 0.05) is 44.6 Å². The molecule has 1 aliphatic rings. The maximum atomic E-state index is 13.2. The van der Waals surface area contributed by atoms with Gasteiger partial charge in [0.15, 0.2) is 5.82 Å². The standard InChI is InChI=1S/C23H30N6O3/c1-4-19-26-20(32-27-19)9-10-21(30)29-12-6-11-23(3,14-29)22(31)25-16-7-8-18-17(13-16)24-15-28(18)5-2/h7-8,13,15H,4-6,9-12,14H2,1-3H3,(H,25,31)/t23-/m1/s1. The fourth-order valence-corrected chi connectivity index (χ4v) is 4.22.